The molecule has 6 aromatic carbocycles. The Hall–Kier alpha value is -5.44. The van der Waals surface area contributed by atoms with Crippen molar-refractivity contribution in [2.75, 3.05) is 13.2 Å². The highest BCUT2D eigenvalue weighted by Gasteiger charge is 2.46. The molecule has 2 nitrogen and oxygen atoms in total. The summed E-state index contributed by atoms with van der Waals surface area (Å²) < 4.78 is 11.4. The number of rotatable bonds is 6. The molecule has 2 heteroatoms. The highest BCUT2D eigenvalue weighted by Crippen LogP contribution is 2.56. The molecule has 7 rings (SSSR count). The molecule has 0 saturated carbocycles. The van der Waals surface area contributed by atoms with Gasteiger partial charge in [-0.15, -0.1) is 12.8 Å². The molecule has 0 N–H and O–H groups in total. The summed E-state index contributed by atoms with van der Waals surface area (Å²) in [7, 11) is 0. The van der Waals surface area contributed by atoms with Crippen molar-refractivity contribution in [3.8, 4) is 47.3 Å². The normalized spacial score (nSPS) is 12.7. The standard InChI is InChI=1S/C39H26O2/c1-3-21-40-33-19-15-27-23-31(17-13-29(27)25-33)39(37-11-7-5-9-35(37)36-10-6-8-12-38(36)39)32-18-14-30-26-34(41-22-4-2)20-16-28(30)24-32/h1-2,5-20,23-26H,21-22H2. The quantitative estimate of drug-likeness (QED) is 0.203. The zero-order valence-electron chi connectivity index (χ0n) is 22.4. The third-order valence-electron chi connectivity index (χ3n) is 8.09. The average Bonchev–Trinajstić information content (AvgIpc) is 3.33. The summed E-state index contributed by atoms with van der Waals surface area (Å²) >= 11 is 0. The molecule has 0 atom stereocenters. The van der Waals surface area contributed by atoms with Crippen LogP contribution < -0.4 is 9.47 Å². The summed E-state index contributed by atoms with van der Waals surface area (Å²) in [6, 6.07) is 43.4. The number of benzene rings is 6. The second-order valence-electron chi connectivity index (χ2n) is 10.3. The molecule has 0 amide bonds. The lowest BCUT2D eigenvalue weighted by Crippen LogP contribution is -2.28. The Morgan fingerprint density at radius 2 is 0.902 bits per heavy atom. The maximum absolute atomic E-state index is 5.69. The lowest BCUT2D eigenvalue weighted by atomic mass is 9.67. The van der Waals surface area contributed by atoms with Gasteiger partial charge in [-0.3, -0.25) is 0 Å². The number of ether oxygens (including phenoxy) is 2. The van der Waals surface area contributed by atoms with Crippen LogP contribution in [-0.4, -0.2) is 13.2 Å². The molecule has 41 heavy (non-hydrogen) atoms. The fraction of sp³-hybridized carbons (Fsp3) is 0.0769. The smallest absolute Gasteiger partial charge is 0.148 e. The maximum atomic E-state index is 5.69. The molecule has 0 spiro atoms. The van der Waals surface area contributed by atoms with Crippen LogP contribution in [0.3, 0.4) is 0 Å². The van der Waals surface area contributed by atoms with Gasteiger partial charge in [-0.25, -0.2) is 0 Å². The van der Waals surface area contributed by atoms with Crippen LogP contribution in [0.15, 0.2) is 121 Å². The van der Waals surface area contributed by atoms with Crippen molar-refractivity contribution in [3.05, 3.63) is 144 Å². The molecule has 0 radical (unpaired) electrons. The van der Waals surface area contributed by atoms with Crippen LogP contribution in [-0.2, 0) is 5.41 Å². The molecule has 0 saturated heterocycles. The van der Waals surface area contributed by atoms with Crippen molar-refractivity contribution >= 4 is 21.5 Å². The predicted molar refractivity (Wildman–Crippen MR) is 167 cm³/mol. The summed E-state index contributed by atoms with van der Waals surface area (Å²) in [5.74, 6) is 6.63. The van der Waals surface area contributed by atoms with Crippen molar-refractivity contribution < 1.29 is 9.47 Å². The fourth-order valence-electron chi connectivity index (χ4n) is 6.37. The van der Waals surface area contributed by atoms with Gasteiger partial charge in [-0.2, -0.15) is 0 Å². The Balaban J connectivity index is 1.48. The van der Waals surface area contributed by atoms with E-state index in [1.54, 1.807) is 0 Å². The second-order valence-corrected chi connectivity index (χ2v) is 10.3. The Bertz CT molecular complexity index is 1890. The van der Waals surface area contributed by atoms with Crippen molar-refractivity contribution in [1.29, 1.82) is 0 Å². The molecule has 0 heterocycles. The van der Waals surface area contributed by atoms with Crippen LogP contribution in [0.5, 0.6) is 11.5 Å². The third kappa shape index (κ3) is 3.93. The molecule has 1 aliphatic carbocycles. The predicted octanol–water partition coefficient (Wildman–Crippen LogP) is 8.38. The van der Waals surface area contributed by atoms with Crippen LogP contribution in [0.25, 0.3) is 32.7 Å². The Kier molecular flexibility index (Phi) is 5.96. The van der Waals surface area contributed by atoms with Gasteiger partial charge < -0.3 is 9.47 Å². The topological polar surface area (TPSA) is 18.5 Å². The van der Waals surface area contributed by atoms with Gasteiger partial charge in [-0.05, 0) is 91.3 Å². The van der Waals surface area contributed by atoms with Gasteiger partial charge >= 0.3 is 0 Å². The molecule has 194 valence electrons. The van der Waals surface area contributed by atoms with Gasteiger partial charge in [0.15, 0.2) is 0 Å². The number of terminal acetylenes is 2. The molecule has 0 aliphatic heterocycles. The first-order valence-corrected chi connectivity index (χ1v) is 13.6. The van der Waals surface area contributed by atoms with E-state index in [4.69, 9.17) is 22.3 Å². The monoisotopic (exact) mass is 526 g/mol. The molecular formula is C39H26O2. The van der Waals surface area contributed by atoms with Crippen LogP contribution in [0.4, 0.5) is 0 Å². The van der Waals surface area contributed by atoms with Crippen LogP contribution >= 0.6 is 0 Å². The van der Waals surface area contributed by atoms with Crippen molar-refractivity contribution in [2.24, 2.45) is 0 Å². The molecule has 1 aliphatic rings. The van der Waals surface area contributed by atoms with Crippen LogP contribution in [0.1, 0.15) is 22.3 Å². The zero-order valence-corrected chi connectivity index (χ0v) is 22.4. The minimum Gasteiger partial charge on any atom is -0.481 e. The van der Waals surface area contributed by atoms with E-state index in [1.807, 2.05) is 12.1 Å². The van der Waals surface area contributed by atoms with E-state index in [-0.39, 0.29) is 13.2 Å². The summed E-state index contributed by atoms with van der Waals surface area (Å²) in [6.07, 6.45) is 10.8. The first kappa shape index (κ1) is 24.6. The van der Waals surface area contributed by atoms with E-state index in [9.17, 15) is 0 Å². The summed E-state index contributed by atoms with van der Waals surface area (Å²) in [4.78, 5) is 0. The molecule has 0 aromatic heterocycles. The minimum absolute atomic E-state index is 0.250. The van der Waals surface area contributed by atoms with Crippen molar-refractivity contribution in [2.45, 2.75) is 5.41 Å². The van der Waals surface area contributed by atoms with Gasteiger partial charge in [0.25, 0.3) is 0 Å². The first-order chi connectivity index (χ1) is 20.2. The lowest BCUT2D eigenvalue weighted by molar-refractivity contribution is 0.371. The van der Waals surface area contributed by atoms with Crippen LogP contribution in [0.2, 0.25) is 0 Å². The van der Waals surface area contributed by atoms with Gasteiger partial charge in [0.1, 0.15) is 24.7 Å². The Morgan fingerprint density at radius 3 is 1.37 bits per heavy atom. The second kappa shape index (κ2) is 9.95. The number of hydrogen-bond donors (Lipinski definition) is 0. The summed E-state index contributed by atoms with van der Waals surface area (Å²) in [5, 5.41) is 4.51. The molecule has 6 aromatic rings. The van der Waals surface area contributed by atoms with Gasteiger partial charge in [0.2, 0.25) is 0 Å². The Morgan fingerprint density at radius 1 is 0.488 bits per heavy atom. The zero-order chi connectivity index (χ0) is 27.8. The summed E-state index contributed by atoms with van der Waals surface area (Å²) in [5.41, 5.74) is 7.03. The van der Waals surface area contributed by atoms with E-state index in [2.05, 4.69) is 121 Å². The number of hydrogen-bond acceptors (Lipinski definition) is 2. The minimum atomic E-state index is -0.493. The van der Waals surface area contributed by atoms with Gasteiger partial charge in [0.05, 0.1) is 5.41 Å². The van der Waals surface area contributed by atoms with Crippen molar-refractivity contribution in [3.63, 3.8) is 0 Å². The molecule has 0 fully saturated rings. The highest BCUT2D eigenvalue weighted by atomic mass is 16.5. The molecular weight excluding hydrogens is 500 g/mol. The number of fused-ring (bicyclic) bond motifs is 5. The van der Waals surface area contributed by atoms with E-state index >= 15 is 0 Å². The van der Waals surface area contributed by atoms with E-state index in [0.29, 0.717) is 0 Å². The SMILES string of the molecule is C#CCOc1ccc2cc(C3(c4ccc5cc(OCC#C)ccc5c4)c4ccccc4-c4ccccc43)ccc2c1. The lowest BCUT2D eigenvalue weighted by Gasteiger charge is -2.34. The van der Waals surface area contributed by atoms with E-state index in [0.717, 1.165) is 33.0 Å². The molecule has 0 unspecified atom stereocenters. The first-order valence-electron chi connectivity index (χ1n) is 13.6. The van der Waals surface area contributed by atoms with Crippen LogP contribution in [0, 0.1) is 24.7 Å². The average molecular weight is 527 g/mol. The van der Waals surface area contributed by atoms with E-state index in [1.165, 1.54) is 33.4 Å². The largest absolute Gasteiger partial charge is 0.481 e. The highest BCUT2D eigenvalue weighted by molar-refractivity contribution is 5.92. The van der Waals surface area contributed by atoms with E-state index < -0.39 is 5.41 Å². The van der Waals surface area contributed by atoms with Gasteiger partial charge in [0, 0.05) is 0 Å². The molecule has 0 bridgehead atoms. The Labute approximate surface area is 240 Å². The fourth-order valence-corrected chi connectivity index (χ4v) is 6.37. The van der Waals surface area contributed by atoms with Gasteiger partial charge in [-0.1, -0.05) is 96.8 Å². The van der Waals surface area contributed by atoms with Crippen molar-refractivity contribution in [1.82, 2.24) is 0 Å². The summed E-state index contributed by atoms with van der Waals surface area (Å²) in [6.45, 7) is 0.500. The third-order valence-corrected chi connectivity index (χ3v) is 8.09. The maximum Gasteiger partial charge on any atom is 0.148 e.